The molecule has 6 heteroatoms. The van der Waals surface area contributed by atoms with Gasteiger partial charge in [0.15, 0.2) is 0 Å². The Morgan fingerprint density at radius 2 is 1.79 bits per heavy atom. The molecule has 2 aliphatic carbocycles. The Bertz CT molecular complexity index is 1050. The first-order valence-corrected chi connectivity index (χ1v) is 12.4. The summed E-state index contributed by atoms with van der Waals surface area (Å²) in [5.74, 6) is -0.364. The van der Waals surface area contributed by atoms with Crippen LogP contribution in [0, 0.1) is 23.2 Å². The smallest absolute Gasteiger partial charge is 0.420 e. The average molecular weight is 477 g/mol. The van der Waals surface area contributed by atoms with Gasteiger partial charge >= 0.3 is 12.1 Å². The summed E-state index contributed by atoms with van der Waals surface area (Å²) in [4.78, 5) is 11.4. The van der Waals surface area contributed by atoms with E-state index in [4.69, 9.17) is 4.74 Å². The molecular formula is C28H35F3O3. The molecule has 4 rings (SSSR count). The highest BCUT2D eigenvalue weighted by Crippen LogP contribution is 2.55. The van der Waals surface area contributed by atoms with Crippen LogP contribution >= 0.6 is 0 Å². The molecule has 0 aliphatic heterocycles. The quantitative estimate of drug-likeness (QED) is 0.459. The molecule has 2 aliphatic rings. The van der Waals surface area contributed by atoms with E-state index < -0.39 is 17.7 Å². The van der Waals surface area contributed by atoms with Gasteiger partial charge in [-0.1, -0.05) is 52.0 Å². The molecule has 0 heterocycles. The maximum atomic E-state index is 14.3. The lowest BCUT2D eigenvalue weighted by Gasteiger charge is -2.51. The van der Waals surface area contributed by atoms with Gasteiger partial charge in [0, 0.05) is 0 Å². The van der Waals surface area contributed by atoms with Gasteiger partial charge in [-0.15, -0.1) is 0 Å². The second-order valence-electron chi connectivity index (χ2n) is 11.2. The van der Waals surface area contributed by atoms with E-state index in [1.54, 1.807) is 18.2 Å². The fourth-order valence-corrected chi connectivity index (χ4v) is 5.94. The van der Waals surface area contributed by atoms with Gasteiger partial charge in [-0.05, 0) is 84.1 Å². The van der Waals surface area contributed by atoms with E-state index in [0.29, 0.717) is 17.7 Å². The second-order valence-corrected chi connectivity index (χ2v) is 11.2. The Morgan fingerprint density at radius 3 is 2.38 bits per heavy atom. The number of carbonyl (C=O) groups is 1. The number of ether oxygens (including phenoxy) is 1. The maximum Gasteiger partial charge on any atom is 0.420 e. The molecule has 0 amide bonds. The zero-order valence-electron chi connectivity index (χ0n) is 20.4. The summed E-state index contributed by atoms with van der Waals surface area (Å²) >= 11 is 0. The van der Waals surface area contributed by atoms with Crippen molar-refractivity contribution >= 4 is 16.7 Å². The molecule has 2 fully saturated rings. The first kappa shape index (κ1) is 24.9. The van der Waals surface area contributed by atoms with Gasteiger partial charge < -0.3 is 9.84 Å². The van der Waals surface area contributed by atoms with E-state index in [1.165, 1.54) is 6.07 Å². The monoisotopic (exact) mass is 476 g/mol. The van der Waals surface area contributed by atoms with Crippen molar-refractivity contribution in [2.24, 2.45) is 23.2 Å². The van der Waals surface area contributed by atoms with Crippen LogP contribution in [-0.2, 0) is 11.0 Å². The summed E-state index contributed by atoms with van der Waals surface area (Å²) in [6.45, 7) is 8.14. The van der Waals surface area contributed by atoms with Gasteiger partial charge in [0.25, 0.3) is 0 Å². The molecule has 2 aromatic carbocycles. The van der Waals surface area contributed by atoms with Crippen molar-refractivity contribution < 1.29 is 27.8 Å². The molecule has 3 nitrogen and oxygen atoms in total. The minimum atomic E-state index is -4.52. The number of halogens is 3. The molecule has 0 saturated heterocycles. The third-order valence-electron chi connectivity index (χ3n) is 8.52. The summed E-state index contributed by atoms with van der Waals surface area (Å²) < 4.78 is 48.8. The Hall–Kier alpha value is -2.24. The van der Waals surface area contributed by atoms with Crippen molar-refractivity contribution in [3.63, 3.8) is 0 Å². The maximum absolute atomic E-state index is 14.3. The highest BCUT2D eigenvalue weighted by atomic mass is 19.4. The third kappa shape index (κ3) is 4.78. The number of hydrogen-bond acceptors (Lipinski definition) is 2. The van der Waals surface area contributed by atoms with Crippen molar-refractivity contribution in [3.8, 4) is 5.75 Å². The number of carboxylic acid groups (broad SMARTS) is 1. The molecular weight excluding hydrogens is 441 g/mol. The summed E-state index contributed by atoms with van der Waals surface area (Å²) in [5.41, 5.74) is -0.157. The molecule has 186 valence electrons. The Kier molecular flexibility index (Phi) is 6.65. The van der Waals surface area contributed by atoms with Crippen LogP contribution in [0.3, 0.4) is 0 Å². The van der Waals surface area contributed by atoms with Gasteiger partial charge in [0.2, 0.25) is 0 Å². The SMILES string of the molecule is CC1CCC(Oc2ccc3ccc(C(C)C[C@H]4C[C@@H](C(=O)O)C4(C)C)cc3c2C(F)(F)F)CC1. The number of fused-ring (bicyclic) bond motifs is 1. The lowest BCUT2D eigenvalue weighted by molar-refractivity contribution is -0.159. The Labute approximate surface area is 199 Å². The van der Waals surface area contributed by atoms with E-state index >= 15 is 0 Å². The largest absolute Gasteiger partial charge is 0.490 e. The van der Waals surface area contributed by atoms with Crippen LogP contribution in [0.1, 0.15) is 83.3 Å². The predicted molar refractivity (Wildman–Crippen MR) is 127 cm³/mol. The average Bonchev–Trinajstić information content (AvgIpc) is 2.76. The van der Waals surface area contributed by atoms with Crippen LogP contribution in [-0.4, -0.2) is 17.2 Å². The molecule has 2 aromatic rings. The lowest BCUT2D eigenvalue weighted by Crippen LogP contribution is -2.49. The van der Waals surface area contributed by atoms with Crippen molar-refractivity contribution in [2.45, 2.75) is 84.4 Å². The Morgan fingerprint density at radius 1 is 1.15 bits per heavy atom. The highest BCUT2D eigenvalue weighted by molar-refractivity contribution is 5.89. The van der Waals surface area contributed by atoms with Crippen LogP contribution in [0.4, 0.5) is 13.2 Å². The molecule has 1 unspecified atom stereocenters. The minimum absolute atomic E-state index is 0.0221. The molecule has 34 heavy (non-hydrogen) atoms. The van der Waals surface area contributed by atoms with Crippen LogP contribution in [0.25, 0.3) is 10.8 Å². The van der Waals surface area contributed by atoms with Crippen LogP contribution in [0.2, 0.25) is 0 Å². The summed E-state index contributed by atoms with van der Waals surface area (Å²) in [7, 11) is 0. The molecule has 2 saturated carbocycles. The molecule has 0 bridgehead atoms. The minimum Gasteiger partial charge on any atom is -0.490 e. The van der Waals surface area contributed by atoms with Gasteiger partial charge in [-0.3, -0.25) is 4.79 Å². The molecule has 0 spiro atoms. The van der Waals surface area contributed by atoms with Crippen LogP contribution in [0.5, 0.6) is 5.75 Å². The van der Waals surface area contributed by atoms with E-state index in [0.717, 1.165) is 37.7 Å². The van der Waals surface area contributed by atoms with Crippen LogP contribution in [0.15, 0.2) is 30.3 Å². The van der Waals surface area contributed by atoms with Crippen LogP contribution < -0.4 is 4.74 Å². The van der Waals surface area contributed by atoms with Crippen molar-refractivity contribution in [1.29, 1.82) is 0 Å². The van der Waals surface area contributed by atoms with E-state index in [-0.39, 0.29) is 40.4 Å². The van der Waals surface area contributed by atoms with Crippen molar-refractivity contribution in [2.75, 3.05) is 0 Å². The zero-order chi connectivity index (χ0) is 24.8. The van der Waals surface area contributed by atoms with E-state index in [2.05, 4.69) is 6.92 Å². The number of benzene rings is 2. The number of hydrogen-bond donors (Lipinski definition) is 1. The van der Waals surface area contributed by atoms with Crippen molar-refractivity contribution in [3.05, 3.63) is 41.5 Å². The van der Waals surface area contributed by atoms with E-state index in [9.17, 15) is 23.1 Å². The first-order chi connectivity index (χ1) is 15.9. The number of alkyl halides is 3. The van der Waals surface area contributed by atoms with E-state index in [1.807, 2.05) is 26.8 Å². The molecule has 1 N–H and O–H groups in total. The Balaban J connectivity index is 1.62. The number of rotatable bonds is 6. The summed E-state index contributed by atoms with van der Waals surface area (Å²) in [6, 6.07) is 8.51. The normalized spacial score (nSPS) is 27.7. The number of aliphatic carboxylic acids is 1. The number of carboxylic acids is 1. The van der Waals surface area contributed by atoms with Gasteiger partial charge in [-0.2, -0.15) is 13.2 Å². The van der Waals surface area contributed by atoms with Crippen molar-refractivity contribution in [1.82, 2.24) is 0 Å². The van der Waals surface area contributed by atoms with Gasteiger partial charge in [0.1, 0.15) is 11.3 Å². The third-order valence-corrected chi connectivity index (χ3v) is 8.52. The second kappa shape index (κ2) is 9.09. The first-order valence-electron chi connectivity index (χ1n) is 12.4. The highest BCUT2D eigenvalue weighted by Gasteiger charge is 2.51. The molecule has 0 aromatic heterocycles. The van der Waals surface area contributed by atoms with Gasteiger partial charge in [-0.25, -0.2) is 0 Å². The standard InChI is InChI=1S/C28H35F3O3/c1-16-5-10-21(11-6-16)34-24-12-9-18-7-8-19(14-22(18)25(24)28(29,30)31)17(2)13-20-15-23(26(32)33)27(20,3)4/h7-9,12,14,16-17,20-21,23H,5-6,10-11,13,15H2,1-4H3,(H,32,33)/t16?,17?,20-,21?,23-/m0/s1. The zero-order valence-corrected chi connectivity index (χ0v) is 20.4. The lowest BCUT2D eigenvalue weighted by atomic mass is 9.53. The molecule has 3 atom stereocenters. The summed E-state index contributed by atoms with van der Waals surface area (Å²) in [6.07, 6.45) is 0.169. The van der Waals surface area contributed by atoms with Gasteiger partial charge in [0.05, 0.1) is 12.0 Å². The fourth-order valence-electron chi connectivity index (χ4n) is 5.94. The summed E-state index contributed by atoms with van der Waals surface area (Å²) in [5, 5.41) is 10.1. The fraction of sp³-hybridized carbons (Fsp3) is 0.607. The topological polar surface area (TPSA) is 46.5 Å². The molecule has 0 radical (unpaired) electrons. The predicted octanol–water partition coefficient (Wildman–Crippen LogP) is 8.06.